The van der Waals surface area contributed by atoms with E-state index >= 15 is 0 Å². The normalized spacial score (nSPS) is 13.9. The first-order valence-corrected chi connectivity index (χ1v) is 9.21. The van der Waals surface area contributed by atoms with E-state index in [1.165, 1.54) is 18.9 Å². The molecule has 1 fully saturated rings. The van der Waals surface area contributed by atoms with Gasteiger partial charge in [0.1, 0.15) is 12.4 Å². The van der Waals surface area contributed by atoms with Gasteiger partial charge in [-0.1, -0.05) is 0 Å². The molecule has 27 heavy (non-hydrogen) atoms. The first-order valence-electron chi connectivity index (χ1n) is 9.21. The molecule has 0 atom stereocenters. The minimum absolute atomic E-state index is 0.0371. The highest BCUT2D eigenvalue weighted by atomic mass is 16.5. The van der Waals surface area contributed by atoms with Gasteiger partial charge in [0.15, 0.2) is 0 Å². The van der Waals surface area contributed by atoms with Crippen LogP contribution in [0.1, 0.15) is 32.6 Å². The number of morpholine rings is 1. The molecule has 0 aromatic heterocycles. The van der Waals surface area contributed by atoms with Crippen molar-refractivity contribution in [2.24, 2.45) is 0 Å². The molecule has 1 aliphatic rings. The van der Waals surface area contributed by atoms with Gasteiger partial charge in [-0.05, 0) is 6.92 Å². The molecule has 1 rings (SSSR count). The van der Waals surface area contributed by atoms with E-state index in [0.29, 0.717) is 39.5 Å². The van der Waals surface area contributed by atoms with Crippen LogP contribution in [-0.2, 0) is 33.4 Å². The van der Waals surface area contributed by atoms with Gasteiger partial charge in [-0.25, -0.2) is 0 Å². The Morgan fingerprint density at radius 2 is 1.63 bits per heavy atom. The topological polar surface area (TPSA) is 102 Å². The smallest absolute Gasteiger partial charge is 0.306 e. The monoisotopic (exact) mass is 386 g/mol. The maximum Gasteiger partial charge on any atom is 0.306 e. The van der Waals surface area contributed by atoms with E-state index in [4.69, 9.17) is 14.2 Å². The van der Waals surface area contributed by atoms with Crippen LogP contribution in [0.5, 0.6) is 0 Å². The quantitative estimate of drug-likeness (QED) is 0.436. The third kappa shape index (κ3) is 10.0. The van der Waals surface area contributed by atoms with Crippen molar-refractivity contribution in [2.75, 3.05) is 59.7 Å². The van der Waals surface area contributed by atoms with Gasteiger partial charge in [0.25, 0.3) is 0 Å². The second kappa shape index (κ2) is 13.2. The average molecular weight is 386 g/mol. The van der Waals surface area contributed by atoms with Crippen molar-refractivity contribution in [1.82, 2.24) is 9.80 Å². The molecule has 0 radical (unpaired) electrons. The summed E-state index contributed by atoms with van der Waals surface area (Å²) in [5.41, 5.74) is 0. The number of esters is 1. The maximum absolute atomic E-state index is 12.4. The lowest BCUT2D eigenvalue weighted by Crippen LogP contribution is -2.42. The minimum atomic E-state index is -0.466. The van der Waals surface area contributed by atoms with Crippen molar-refractivity contribution in [3.8, 4) is 0 Å². The molecule has 154 valence electrons. The highest BCUT2D eigenvalue weighted by Crippen LogP contribution is 2.05. The van der Waals surface area contributed by atoms with Crippen molar-refractivity contribution < 1.29 is 33.4 Å². The summed E-state index contributed by atoms with van der Waals surface area (Å²) in [6.07, 6.45) is 0.420. The van der Waals surface area contributed by atoms with Crippen molar-refractivity contribution in [3.05, 3.63) is 0 Å². The predicted octanol–water partition coefficient (Wildman–Crippen LogP) is 0.0128. The van der Waals surface area contributed by atoms with Gasteiger partial charge in [0.05, 0.1) is 32.8 Å². The third-order valence-corrected chi connectivity index (χ3v) is 4.14. The Kier molecular flexibility index (Phi) is 11.3. The number of carbonyl (C=O) groups excluding carboxylic acids is 4. The number of methoxy groups -OCH3 is 1. The van der Waals surface area contributed by atoms with Gasteiger partial charge in [-0.15, -0.1) is 0 Å². The molecule has 1 aliphatic heterocycles. The number of Topliss-reactive ketones (excluding diaryl/α,β-unsaturated/α-hetero) is 1. The van der Waals surface area contributed by atoms with Gasteiger partial charge in [-0.2, -0.15) is 0 Å². The molecule has 1 saturated heterocycles. The van der Waals surface area contributed by atoms with Crippen LogP contribution >= 0.6 is 0 Å². The van der Waals surface area contributed by atoms with Gasteiger partial charge in [0, 0.05) is 46.0 Å². The van der Waals surface area contributed by atoms with Crippen molar-refractivity contribution >= 4 is 23.6 Å². The van der Waals surface area contributed by atoms with Gasteiger partial charge in [-0.3, -0.25) is 14.4 Å². The SMILES string of the molecule is COCCN(CCOC(=O)CCC(C)=O)C(=O)CCC(=O)N1CCOCC1. The lowest BCUT2D eigenvalue weighted by molar-refractivity contribution is -0.147. The molecule has 9 nitrogen and oxygen atoms in total. The number of amides is 2. The molecule has 0 spiro atoms. The molecule has 0 N–H and O–H groups in total. The Labute approximate surface area is 159 Å². The maximum atomic E-state index is 12.4. The predicted molar refractivity (Wildman–Crippen MR) is 96.0 cm³/mol. The second-order valence-corrected chi connectivity index (χ2v) is 6.29. The summed E-state index contributed by atoms with van der Waals surface area (Å²) in [7, 11) is 1.53. The van der Waals surface area contributed by atoms with Crippen LogP contribution in [0.15, 0.2) is 0 Å². The number of ketones is 1. The fourth-order valence-electron chi connectivity index (χ4n) is 2.53. The molecular formula is C18H30N2O7. The lowest BCUT2D eigenvalue weighted by atomic mass is 10.2. The summed E-state index contributed by atoms with van der Waals surface area (Å²) in [6, 6.07) is 0. The van der Waals surface area contributed by atoms with E-state index in [1.54, 1.807) is 4.90 Å². The molecule has 1 heterocycles. The Hall–Kier alpha value is -2.00. The van der Waals surface area contributed by atoms with Crippen LogP contribution in [0, 0.1) is 0 Å². The average Bonchev–Trinajstić information content (AvgIpc) is 2.67. The molecule has 0 bridgehead atoms. The van der Waals surface area contributed by atoms with Crippen LogP contribution in [0.4, 0.5) is 0 Å². The largest absolute Gasteiger partial charge is 0.464 e. The van der Waals surface area contributed by atoms with E-state index in [-0.39, 0.29) is 56.4 Å². The number of hydrogen-bond acceptors (Lipinski definition) is 7. The number of ether oxygens (including phenoxy) is 3. The van der Waals surface area contributed by atoms with Crippen LogP contribution in [0.3, 0.4) is 0 Å². The first-order chi connectivity index (χ1) is 12.9. The van der Waals surface area contributed by atoms with Gasteiger partial charge < -0.3 is 28.8 Å². The third-order valence-electron chi connectivity index (χ3n) is 4.14. The van der Waals surface area contributed by atoms with Crippen molar-refractivity contribution in [2.45, 2.75) is 32.6 Å². The summed E-state index contributed by atoms with van der Waals surface area (Å²) >= 11 is 0. The highest BCUT2D eigenvalue weighted by molar-refractivity contribution is 5.84. The summed E-state index contributed by atoms with van der Waals surface area (Å²) in [5, 5.41) is 0. The zero-order chi connectivity index (χ0) is 20.1. The van der Waals surface area contributed by atoms with Gasteiger partial charge in [0.2, 0.25) is 11.8 Å². The van der Waals surface area contributed by atoms with Crippen molar-refractivity contribution in [3.63, 3.8) is 0 Å². The Bertz CT molecular complexity index is 504. The van der Waals surface area contributed by atoms with Crippen LogP contribution in [-0.4, -0.2) is 93.1 Å². The summed E-state index contributed by atoms with van der Waals surface area (Å²) in [6.45, 7) is 4.53. The molecular weight excluding hydrogens is 356 g/mol. The van der Waals surface area contributed by atoms with E-state index in [0.717, 1.165) is 0 Å². The van der Waals surface area contributed by atoms with E-state index in [2.05, 4.69) is 0 Å². The highest BCUT2D eigenvalue weighted by Gasteiger charge is 2.20. The second-order valence-electron chi connectivity index (χ2n) is 6.29. The number of nitrogens with zero attached hydrogens (tertiary/aromatic N) is 2. The number of carbonyl (C=O) groups is 4. The van der Waals surface area contributed by atoms with Crippen LogP contribution < -0.4 is 0 Å². The molecule has 0 aromatic carbocycles. The molecule has 9 heteroatoms. The van der Waals surface area contributed by atoms with Crippen molar-refractivity contribution in [1.29, 1.82) is 0 Å². The Morgan fingerprint density at radius 3 is 2.26 bits per heavy atom. The number of hydrogen-bond donors (Lipinski definition) is 0. The zero-order valence-electron chi connectivity index (χ0n) is 16.2. The zero-order valence-corrected chi connectivity index (χ0v) is 16.2. The molecule has 0 saturated carbocycles. The minimum Gasteiger partial charge on any atom is -0.464 e. The summed E-state index contributed by atoms with van der Waals surface area (Å²) in [5.74, 6) is -0.789. The molecule has 2 amide bonds. The molecule has 0 unspecified atom stereocenters. The van der Waals surface area contributed by atoms with Crippen LogP contribution in [0.25, 0.3) is 0 Å². The standard InChI is InChI=1S/C18H30N2O7/c1-15(21)3-6-18(24)27-14-10-19(7-11-25-2)16(22)4-5-17(23)20-8-12-26-13-9-20/h3-14H2,1-2H3. The Morgan fingerprint density at radius 1 is 0.963 bits per heavy atom. The van der Waals surface area contributed by atoms with E-state index < -0.39 is 5.97 Å². The fourth-order valence-corrected chi connectivity index (χ4v) is 2.53. The van der Waals surface area contributed by atoms with E-state index in [9.17, 15) is 19.2 Å². The summed E-state index contributed by atoms with van der Waals surface area (Å²) < 4.78 is 15.3. The Balaban J connectivity index is 2.37. The first kappa shape index (κ1) is 23.0. The van der Waals surface area contributed by atoms with Gasteiger partial charge >= 0.3 is 5.97 Å². The lowest BCUT2D eigenvalue weighted by Gasteiger charge is -2.27. The molecule has 0 aliphatic carbocycles. The number of rotatable bonds is 12. The molecule has 0 aromatic rings. The van der Waals surface area contributed by atoms with Crippen LogP contribution in [0.2, 0.25) is 0 Å². The fraction of sp³-hybridized carbons (Fsp3) is 0.778. The van der Waals surface area contributed by atoms with E-state index in [1.807, 2.05) is 0 Å². The summed E-state index contributed by atoms with van der Waals surface area (Å²) in [4.78, 5) is 50.2.